The molecule has 19 heavy (non-hydrogen) atoms. The molecule has 1 aromatic rings. The fraction of sp³-hybridized carbons (Fsp3) is 0.800. The molecule has 0 saturated heterocycles. The van der Waals surface area contributed by atoms with Crippen molar-refractivity contribution in [2.24, 2.45) is 0 Å². The Labute approximate surface area is 121 Å². The summed E-state index contributed by atoms with van der Waals surface area (Å²) in [5, 5.41) is 4.63. The lowest BCUT2D eigenvalue weighted by atomic mass is 10.0. The van der Waals surface area contributed by atoms with Crippen LogP contribution in [0.4, 0.5) is 5.13 Å². The third kappa shape index (κ3) is 3.29. The van der Waals surface area contributed by atoms with Crippen LogP contribution in [0.3, 0.4) is 0 Å². The molecule has 0 bridgehead atoms. The average Bonchev–Trinajstić information content (AvgIpc) is 3.16. The van der Waals surface area contributed by atoms with E-state index in [9.17, 15) is 0 Å². The highest BCUT2D eigenvalue weighted by Gasteiger charge is 2.32. The largest absolute Gasteiger partial charge is 0.346 e. The molecule has 4 heteroatoms. The summed E-state index contributed by atoms with van der Waals surface area (Å²) in [5.74, 6) is 0.733. The summed E-state index contributed by atoms with van der Waals surface area (Å²) in [5.41, 5.74) is 1.54. The standard InChI is InChI=1S/C15H27N3S/c1-6-15(3,4)18(5)14-17-13(11-8-9-11)12(19-14)10-16-7-2/h11,16H,6-10H2,1-5H3. The zero-order valence-corrected chi connectivity index (χ0v) is 13.7. The van der Waals surface area contributed by atoms with Gasteiger partial charge in [0, 0.05) is 29.9 Å². The second-order valence-electron chi connectivity index (χ2n) is 6.08. The van der Waals surface area contributed by atoms with Crippen LogP contribution in [0.5, 0.6) is 0 Å². The normalized spacial score (nSPS) is 15.8. The molecule has 1 N–H and O–H groups in total. The minimum Gasteiger partial charge on any atom is -0.346 e. The Balaban J connectivity index is 2.21. The van der Waals surface area contributed by atoms with Gasteiger partial charge < -0.3 is 10.2 Å². The van der Waals surface area contributed by atoms with Gasteiger partial charge in [0.15, 0.2) is 5.13 Å². The zero-order chi connectivity index (χ0) is 14.0. The van der Waals surface area contributed by atoms with Crippen molar-refractivity contribution in [3.8, 4) is 0 Å². The predicted molar refractivity (Wildman–Crippen MR) is 84.2 cm³/mol. The van der Waals surface area contributed by atoms with Gasteiger partial charge in [-0.3, -0.25) is 0 Å². The van der Waals surface area contributed by atoms with Crippen molar-refractivity contribution in [1.82, 2.24) is 10.3 Å². The first-order valence-electron chi connectivity index (χ1n) is 7.43. The number of hydrogen-bond acceptors (Lipinski definition) is 4. The Morgan fingerprint density at radius 2 is 2.05 bits per heavy atom. The van der Waals surface area contributed by atoms with Crippen molar-refractivity contribution in [3.63, 3.8) is 0 Å². The van der Waals surface area contributed by atoms with Crippen molar-refractivity contribution in [3.05, 3.63) is 10.6 Å². The van der Waals surface area contributed by atoms with Gasteiger partial charge in [-0.1, -0.05) is 13.8 Å². The van der Waals surface area contributed by atoms with Crippen LogP contribution >= 0.6 is 11.3 Å². The molecule has 108 valence electrons. The Bertz CT molecular complexity index is 421. The van der Waals surface area contributed by atoms with Crippen LogP contribution in [0.15, 0.2) is 0 Å². The van der Waals surface area contributed by atoms with Gasteiger partial charge in [-0.05, 0) is 39.7 Å². The molecule has 1 saturated carbocycles. The van der Waals surface area contributed by atoms with Crippen LogP contribution < -0.4 is 10.2 Å². The van der Waals surface area contributed by atoms with E-state index in [1.165, 1.54) is 28.5 Å². The Hall–Kier alpha value is -0.610. The maximum Gasteiger partial charge on any atom is 0.186 e. The average molecular weight is 281 g/mol. The van der Waals surface area contributed by atoms with Crippen LogP contribution in [0.1, 0.15) is 63.4 Å². The van der Waals surface area contributed by atoms with E-state index < -0.39 is 0 Å². The van der Waals surface area contributed by atoms with Crippen molar-refractivity contribution < 1.29 is 0 Å². The second-order valence-corrected chi connectivity index (χ2v) is 7.15. The molecule has 2 rings (SSSR count). The first-order valence-corrected chi connectivity index (χ1v) is 8.25. The quantitative estimate of drug-likeness (QED) is 0.825. The number of anilines is 1. The molecule has 0 radical (unpaired) electrons. The minimum absolute atomic E-state index is 0.175. The monoisotopic (exact) mass is 281 g/mol. The first-order chi connectivity index (χ1) is 8.99. The third-order valence-electron chi connectivity index (χ3n) is 4.28. The van der Waals surface area contributed by atoms with Crippen molar-refractivity contribution >= 4 is 16.5 Å². The molecule has 1 aliphatic rings. The number of hydrogen-bond donors (Lipinski definition) is 1. The lowest BCUT2D eigenvalue weighted by Gasteiger charge is -2.34. The van der Waals surface area contributed by atoms with E-state index in [1.807, 2.05) is 11.3 Å². The molecular formula is C15H27N3S. The summed E-state index contributed by atoms with van der Waals surface area (Å²) < 4.78 is 0. The summed E-state index contributed by atoms with van der Waals surface area (Å²) in [7, 11) is 2.18. The van der Waals surface area contributed by atoms with Crippen molar-refractivity contribution in [1.29, 1.82) is 0 Å². The van der Waals surface area contributed by atoms with Gasteiger partial charge in [0.25, 0.3) is 0 Å². The smallest absolute Gasteiger partial charge is 0.186 e. The van der Waals surface area contributed by atoms with E-state index in [4.69, 9.17) is 4.98 Å². The van der Waals surface area contributed by atoms with Gasteiger partial charge in [-0.25, -0.2) is 4.98 Å². The summed E-state index contributed by atoms with van der Waals surface area (Å²) >= 11 is 1.87. The minimum atomic E-state index is 0.175. The maximum absolute atomic E-state index is 4.94. The second kappa shape index (κ2) is 5.80. The molecule has 0 atom stereocenters. The third-order valence-corrected chi connectivity index (χ3v) is 5.42. The van der Waals surface area contributed by atoms with Crippen LogP contribution in [0.2, 0.25) is 0 Å². The first kappa shape index (κ1) is 14.8. The molecule has 0 amide bonds. The van der Waals surface area contributed by atoms with Gasteiger partial charge in [-0.15, -0.1) is 11.3 Å². The van der Waals surface area contributed by atoms with Crippen LogP contribution in [0, 0.1) is 0 Å². The van der Waals surface area contributed by atoms with E-state index in [0.29, 0.717) is 0 Å². The molecule has 0 aliphatic heterocycles. The van der Waals surface area contributed by atoms with Crippen LogP contribution in [-0.4, -0.2) is 24.1 Å². The fourth-order valence-electron chi connectivity index (χ4n) is 2.03. The molecule has 1 aromatic heterocycles. The van der Waals surface area contributed by atoms with Gasteiger partial charge >= 0.3 is 0 Å². The van der Waals surface area contributed by atoms with Gasteiger partial charge in [0.1, 0.15) is 0 Å². The van der Waals surface area contributed by atoms with Crippen molar-refractivity contribution in [2.45, 2.75) is 65.0 Å². The topological polar surface area (TPSA) is 28.2 Å². The van der Waals surface area contributed by atoms with E-state index >= 15 is 0 Å². The molecular weight excluding hydrogens is 254 g/mol. The number of nitrogens with zero attached hydrogens (tertiary/aromatic N) is 2. The highest BCUT2D eigenvalue weighted by molar-refractivity contribution is 7.15. The Morgan fingerprint density at radius 3 is 2.58 bits per heavy atom. The fourth-order valence-corrected chi connectivity index (χ4v) is 3.27. The molecule has 1 aliphatic carbocycles. The molecule has 3 nitrogen and oxygen atoms in total. The Kier molecular flexibility index (Phi) is 4.51. The molecule has 1 heterocycles. The highest BCUT2D eigenvalue weighted by Crippen LogP contribution is 2.44. The SMILES string of the molecule is CCNCc1sc(N(C)C(C)(C)CC)nc1C1CC1. The van der Waals surface area contributed by atoms with E-state index in [0.717, 1.165) is 25.4 Å². The van der Waals surface area contributed by atoms with Gasteiger partial charge in [0.2, 0.25) is 0 Å². The lowest BCUT2D eigenvalue weighted by molar-refractivity contribution is 0.470. The summed E-state index contributed by atoms with van der Waals surface area (Å²) in [4.78, 5) is 8.73. The number of thiazole rings is 1. The van der Waals surface area contributed by atoms with Crippen LogP contribution in [-0.2, 0) is 6.54 Å². The van der Waals surface area contributed by atoms with Gasteiger partial charge in [0.05, 0.1) is 5.69 Å². The zero-order valence-electron chi connectivity index (χ0n) is 12.9. The van der Waals surface area contributed by atoms with Crippen LogP contribution in [0.25, 0.3) is 0 Å². The highest BCUT2D eigenvalue weighted by atomic mass is 32.1. The molecule has 0 unspecified atom stereocenters. The number of rotatable bonds is 7. The summed E-state index contributed by atoms with van der Waals surface area (Å²) in [6.45, 7) is 11.0. The van der Waals surface area contributed by atoms with Gasteiger partial charge in [-0.2, -0.15) is 0 Å². The molecule has 0 spiro atoms. The number of aromatic nitrogens is 1. The summed E-state index contributed by atoms with van der Waals surface area (Å²) in [6.07, 6.45) is 3.77. The maximum atomic E-state index is 4.94. The molecule has 1 fully saturated rings. The Morgan fingerprint density at radius 1 is 1.37 bits per heavy atom. The predicted octanol–water partition coefficient (Wildman–Crippen LogP) is 3.75. The lowest BCUT2D eigenvalue weighted by Crippen LogP contribution is -2.40. The van der Waals surface area contributed by atoms with E-state index in [1.54, 1.807) is 0 Å². The van der Waals surface area contributed by atoms with E-state index in [-0.39, 0.29) is 5.54 Å². The van der Waals surface area contributed by atoms with Crippen molar-refractivity contribution in [2.75, 3.05) is 18.5 Å². The van der Waals surface area contributed by atoms with E-state index in [2.05, 4.69) is 45.0 Å². The molecule has 0 aromatic carbocycles. The summed E-state index contributed by atoms with van der Waals surface area (Å²) in [6, 6.07) is 0. The number of nitrogens with one attached hydrogen (secondary N) is 1.